The number of phenolic OH excluding ortho intramolecular Hbond substituents is 1. The van der Waals surface area contributed by atoms with Crippen molar-refractivity contribution in [1.29, 1.82) is 0 Å². The van der Waals surface area contributed by atoms with Crippen molar-refractivity contribution in [1.82, 2.24) is 10.2 Å². The van der Waals surface area contributed by atoms with Crippen LogP contribution in [-0.2, 0) is 4.74 Å². The van der Waals surface area contributed by atoms with Crippen molar-refractivity contribution < 1.29 is 19.4 Å². The third-order valence-corrected chi connectivity index (χ3v) is 3.43. The molecule has 6 nitrogen and oxygen atoms in total. The van der Waals surface area contributed by atoms with E-state index >= 15 is 0 Å². The number of methoxy groups -OCH3 is 1. The lowest BCUT2D eigenvalue weighted by Gasteiger charge is -2.17. The lowest BCUT2D eigenvalue weighted by atomic mass is 10.1. The molecule has 1 aromatic rings. The molecule has 0 bridgehead atoms. The number of phenols is 1. The Balaban J connectivity index is 2.00. The summed E-state index contributed by atoms with van der Waals surface area (Å²) in [5, 5.41) is 12.2. The molecule has 0 saturated carbocycles. The molecule has 0 aliphatic carbocycles. The number of rotatable bonds is 2. The van der Waals surface area contributed by atoms with Gasteiger partial charge in [0.25, 0.3) is 5.91 Å². The average molecular weight is 278 g/mol. The molecule has 0 radical (unpaired) electrons. The number of aromatic hydroxyl groups is 1. The van der Waals surface area contributed by atoms with E-state index in [-0.39, 0.29) is 17.7 Å². The van der Waals surface area contributed by atoms with E-state index in [2.05, 4.69) is 10.1 Å². The Morgan fingerprint density at radius 3 is 2.85 bits per heavy atom. The van der Waals surface area contributed by atoms with Gasteiger partial charge in [-0.25, -0.2) is 4.79 Å². The van der Waals surface area contributed by atoms with Crippen LogP contribution >= 0.6 is 0 Å². The fourth-order valence-electron chi connectivity index (χ4n) is 2.26. The number of benzene rings is 1. The van der Waals surface area contributed by atoms with Crippen molar-refractivity contribution in [3.8, 4) is 5.75 Å². The molecule has 1 heterocycles. The average Bonchev–Trinajstić information content (AvgIpc) is 2.89. The first-order chi connectivity index (χ1) is 9.51. The highest BCUT2D eigenvalue weighted by Gasteiger charge is 2.28. The van der Waals surface area contributed by atoms with Crippen LogP contribution in [0.15, 0.2) is 18.2 Å². The van der Waals surface area contributed by atoms with Gasteiger partial charge >= 0.3 is 6.09 Å². The quantitative estimate of drug-likeness (QED) is 0.854. The second kappa shape index (κ2) is 5.81. The predicted octanol–water partition coefficient (Wildman–Crippen LogP) is 1.27. The molecule has 20 heavy (non-hydrogen) atoms. The van der Waals surface area contributed by atoms with Gasteiger partial charge < -0.3 is 20.1 Å². The number of likely N-dealkylation sites (tertiary alicyclic amines) is 1. The summed E-state index contributed by atoms with van der Waals surface area (Å²) in [6.45, 7) is 2.80. The number of hydrogen-bond donors (Lipinski definition) is 2. The molecule has 2 amide bonds. The number of carbonyl (C=O) groups excluding carboxylic acids is 2. The molecular formula is C14H18N2O4. The van der Waals surface area contributed by atoms with Crippen molar-refractivity contribution in [3.63, 3.8) is 0 Å². The summed E-state index contributed by atoms with van der Waals surface area (Å²) in [5.74, 6) is 0.0791. The van der Waals surface area contributed by atoms with Gasteiger partial charge in [-0.1, -0.05) is 0 Å². The summed E-state index contributed by atoms with van der Waals surface area (Å²) in [4.78, 5) is 25.1. The van der Waals surface area contributed by atoms with Crippen molar-refractivity contribution in [2.75, 3.05) is 20.2 Å². The highest BCUT2D eigenvalue weighted by molar-refractivity contribution is 5.94. The molecule has 2 rings (SSSR count). The molecule has 0 aromatic heterocycles. The van der Waals surface area contributed by atoms with E-state index in [1.165, 1.54) is 13.2 Å². The maximum absolute atomic E-state index is 12.3. The molecule has 1 fully saturated rings. The summed E-state index contributed by atoms with van der Waals surface area (Å²) in [5.41, 5.74) is 1.21. The molecule has 1 aromatic carbocycles. The van der Waals surface area contributed by atoms with Gasteiger partial charge in [-0.3, -0.25) is 4.79 Å². The van der Waals surface area contributed by atoms with E-state index in [9.17, 15) is 14.7 Å². The Labute approximate surface area is 117 Å². The molecule has 2 N–H and O–H groups in total. The van der Waals surface area contributed by atoms with Crippen molar-refractivity contribution in [2.45, 2.75) is 19.4 Å². The van der Waals surface area contributed by atoms with Crippen molar-refractivity contribution >= 4 is 12.0 Å². The first kappa shape index (κ1) is 14.2. The predicted molar refractivity (Wildman–Crippen MR) is 72.7 cm³/mol. The zero-order chi connectivity index (χ0) is 14.7. The number of carbonyl (C=O) groups is 2. The second-order valence-electron chi connectivity index (χ2n) is 4.87. The lowest BCUT2D eigenvalue weighted by Crippen LogP contribution is -2.38. The Hall–Kier alpha value is -2.24. The Kier molecular flexibility index (Phi) is 4.12. The summed E-state index contributed by atoms with van der Waals surface area (Å²) in [6.07, 6.45) is 0.225. The van der Waals surface area contributed by atoms with E-state index in [0.717, 1.165) is 0 Å². The third-order valence-electron chi connectivity index (χ3n) is 3.43. The largest absolute Gasteiger partial charge is 0.508 e. The minimum atomic E-state index is -0.482. The molecule has 108 valence electrons. The van der Waals surface area contributed by atoms with Gasteiger partial charge in [0.2, 0.25) is 0 Å². The molecule has 1 unspecified atom stereocenters. The molecule has 1 saturated heterocycles. The summed E-state index contributed by atoms with van der Waals surface area (Å²) in [6, 6.07) is 4.71. The number of ether oxygens (including phenoxy) is 1. The normalized spacial score (nSPS) is 17.9. The Bertz CT molecular complexity index is 530. The Morgan fingerprint density at radius 1 is 1.45 bits per heavy atom. The minimum Gasteiger partial charge on any atom is -0.508 e. The van der Waals surface area contributed by atoms with Crippen LogP contribution in [0.25, 0.3) is 0 Å². The fraction of sp³-hybridized carbons (Fsp3) is 0.429. The first-order valence-corrected chi connectivity index (χ1v) is 6.44. The maximum Gasteiger partial charge on any atom is 0.407 e. The monoisotopic (exact) mass is 278 g/mol. The molecule has 1 aliphatic heterocycles. The van der Waals surface area contributed by atoms with Gasteiger partial charge in [0, 0.05) is 18.7 Å². The van der Waals surface area contributed by atoms with Crippen LogP contribution < -0.4 is 5.32 Å². The van der Waals surface area contributed by atoms with Crippen LogP contribution in [0.1, 0.15) is 22.3 Å². The van der Waals surface area contributed by atoms with Gasteiger partial charge in [-0.15, -0.1) is 0 Å². The van der Waals surface area contributed by atoms with Crippen LogP contribution in [0.3, 0.4) is 0 Å². The van der Waals surface area contributed by atoms with Gasteiger partial charge in [0.15, 0.2) is 0 Å². The minimum absolute atomic E-state index is 0.0791. The summed E-state index contributed by atoms with van der Waals surface area (Å²) >= 11 is 0. The zero-order valence-electron chi connectivity index (χ0n) is 11.5. The summed E-state index contributed by atoms with van der Waals surface area (Å²) in [7, 11) is 1.31. The third kappa shape index (κ3) is 3.01. The smallest absolute Gasteiger partial charge is 0.407 e. The van der Waals surface area contributed by atoms with Gasteiger partial charge in [0.1, 0.15) is 5.75 Å². The topological polar surface area (TPSA) is 78.9 Å². The number of aryl methyl sites for hydroxylation is 1. The number of nitrogens with one attached hydrogen (secondary N) is 1. The molecule has 1 atom stereocenters. The van der Waals surface area contributed by atoms with Gasteiger partial charge in [-0.05, 0) is 37.1 Å². The number of alkyl carbamates (subject to hydrolysis) is 1. The van der Waals surface area contributed by atoms with Crippen LogP contribution in [0.4, 0.5) is 4.79 Å². The maximum atomic E-state index is 12.3. The Morgan fingerprint density at radius 2 is 2.20 bits per heavy atom. The molecule has 0 spiro atoms. The molecular weight excluding hydrogens is 260 g/mol. The van der Waals surface area contributed by atoms with Crippen molar-refractivity contribution in [2.24, 2.45) is 0 Å². The van der Waals surface area contributed by atoms with E-state index in [1.54, 1.807) is 24.0 Å². The van der Waals surface area contributed by atoms with Gasteiger partial charge in [0.05, 0.1) is 13.2 Å². The van der Waals surface area contributed by atoms with Crippen LogP contribution in [0.2, 0.25) is 0 Å². The second-order valence-corrected chi connectivity index (χ2v) is 4.87. The number of amides is 2. The van der Waals surface area contributed by atoms with E-state index in [4.69, 9.17) is 0 Å². The number of nitrogens with zero attached hydrogens (tertiary/aromatic N) is 1. The lowest BCUT2D eigenvalue weighted by molar-refractivity contribution is 0.0788. The first-order valence-electron chi connectivity index (χ1n) is 6.44. The molecule has 6 heteroatoms. The fourth-order valence-corrected chi connectivity index (χ4v) is 2.26. The van der Waals surface area contributed by atoms with E-state index < -0.39 is 6.09 Å². The van der Waals surface area contributed by atoms with E-state index in [1.807, 2.05) is 0 Å². The zero-order valence-corrected chi connectivity index (χ0v) is 11.5. The van der Waals surface area contributed by atoms with Crippen LogP contribution in [0, 0.1) is 6.92 Å². The molecule has 1 aliphatic rings. The number of hydrogen-bond acceptors (Lipinski definition) is 4. The summed E-state index contributed by atoms with van der Waals surface area (Å²) < 4.78 is 4.54. The highest BCUT2D eigenvalue weighted by atomic mass is 16.5. The highest BCUT2D eigenvalue weighted by Crippen LogP contribution is 2.20. The van der Waals surface area contributed by atoms with Gasteiger partial charge in [-0.2, -0.15) is 0 Å². The van der Waals surface area contributed by atoms with Crippen LogP contribution in [-0.4, -0.2) is 48.2 Å². The van der Waals surface area contributed by atoms with Crippen LogP contribution in [0.5, 0.6) is 5.75 Å². The SMILES string of the molecule is COC(=O)NC1CCN(C(=O)c2ccc(O)c(C)c2)C1. The van der Waals surface area contributed by atoms with Crippen molar-refractivity contribution in [3.05, 3.63) is 29.3 Å². The van der Waals surface area contributed by atoms with E-state index in [0.29, 0.717) is 30.6 Å². The standard InChI is InChI=1S/C14H18N2O4/c1-9-7-10(3-4-12(9)17)13(18)16-6-5-11(8-16)15-14(19)20-2/h3-4,7,11,17H,5-6,8H2,1-2H3,(H,15,19).